The summed E-state index contributed by atoms with van der Waals surface area (Å²) in [6.07, 6.45) is 16.5. The molecule has 130 valence electrons. The van der Waals surface area contributed by atoms with Crippen LogP contribution in [-0.4, -0.2) is 12.5 Å². The number of hydrogen-bond acceptors (Lipinski definition) is 1. The van der Waals surface area contributed by atoms with Crippen LogP contribution in [0.4, 0.5) is 0 Å². The van der Waals surface area contributed by atoms with Gasteiger partial charge in [-0.25, -0.2) is 0 Å². The standard InChI is InChI=1S/C20H39NO/c1-5-6-7-8-9-10-11-12-13-14-15-16-19(4)17-21-20(22)18(2)3/h19H,2,5-17H2,1,3-4H3,(H,21,22). The molecule has 0 bridgehead atoms. The van der Waals surface area contributed by atoms with Crippen LogP contribution in [0.5, 0.6) is 0 Å². The maximum absolute atomic E-state index is 11.4. The van der Waals surface area contributed by atoms with E-state index in [1.54, 1.807) is 6.92 Å². The highest BCUT2D eigenvalue weighted by Gasteiger charge is 2.05. The van der Waals surface area contributed by atoms with E-state index >= 15 is 0 Å². The van der Waals surface area contributed by atoms with Crippen LogP contribution in [0.3, 0.4) is 0 Å². The van der Waals surface area contributed by atoms with Crippen molar-refractivity contribution < 1.29 is 4.79 Å². The molecule has 0 heterocycles. The van der Waals surface area contributed by atoms with E-state index in [1.807, 2.05) is 0 Å². The molecule has 2 heteroatoms. The number of rotatable bonds is 15. The van der Waals surface area contributed by atoms with E-state index in [0.717, 1.165) is 6.54 Å². The predicted molar refractivity (Wildman–Crippen MR) is 98.1 cm³/mol. The van der Waals surface area contributed by atoms with Crippen LogP contribution in [0.25, 0.3) is 0 Å². The number of nitrogens with one attached hydrogen (secondary N) is 1. The smallest absolute Gasteiger partial charge is 0.246 e. The zero-order valence-electron chi connectivity index (χ0n) is 15.4. The maximum atomic E-state index is 11.4. The zero-order chi connectivity index (χ0) is 16.6. The highest BCUT2D eigenvalue weighted by molar-refractivity contribution is 5.92. The average molecular weight is 310 g/mol. The van der Waals surface area contributed by atoms with Crippen molar-refractivity contribution in [3.8, 4) is 0 Å². The summed E-state index contributed by atoms with van der Waals surface area (Å²) in [6, 6.07) is 0. The van der Waals surface area contributed by atoms with E-state index in [9.17, 15) is 4.79 Å². The highest BCUT2D eigenvalue weighted by atomic mass is 16.1. The Morgan fingerprint density at radius 3 is 1.82 bits per heavy atom. The number of carbonyl (C=O) groups is 1. The fourth-order valence-corrected chi connectivity index (χ4v) is 2.68. The molecule has 0 rings (SSSR count). The fourth-order valence-electron chi connectivity index (χ4n) is 2.68. The van der Waals surface area contributed by atoms with Gasteiger partial charge in [-0.05, 0) is 19.3 Å². The Hall–Kier alpha value is -0.790. The Morgan fingerprint density at radius 2 is 1.36 bits per heavy atom. The molecule has 22 heavy (non-hydrogen) atoms. The van der Waals surface area contributed by atoms with Gasteiger partial charge in [0.15, 0.2) is 0 Å². The third kappa shape index (κ3) is 14.2. The molecule has 0 radical (unpaired) electrons. The van der Waals surface area contributed by atoms with Gasteiger partial charge in [0.2, 0.25) is 5.91 Å². The molecule has 0 saturated heterocycles. The Bertz CT molecular complexity index is 285. The van der Waals surface area contributed by atoms with Gasteiger partial charge >= 0.3 is 0 Å². The Morgan fingerprint density at radius 1 is 0.909 bits per heavy atom. The number of amides is 1. The van der Waals surface area contributed by atoms with Gasteiger partial charge in [-0.2, -0.15) is 0 Å². The molecular formula is C20H39NO. The van der Waals surface area contributed by atoms with Gasteiger partial charge in [0.25, 0.3) is 0 Å². The lowest BCUT2D eigenvalue weighted by Crippen LogP contribution is -2.28. The van der Waals surface area contributed by atoms with E-state index in [1.165, 1.54) is 77.0 Å². The van der Waals surface area contributed by atoms with Gasteiger partial charge in [0, 0.05) is 12.1 Å². The van der Waals surface area contributed by atoms with Crippen molar-refractivity contribution >= 4 is 5.91 Å². The lowest BCUT2D eigenvalue weighted by Gasteiger charge is -2.12. The van der Waals surface area contributed by atoms with Crippen LogP contribution < -0.4 is 5.32 Å². The van der Waals surface area contributed by atoms with Gasteiger partial charge in [-0.1, -0.05) is 91.1 Å². The monoisotopic (exact) mass is 309 g/mol. The van der Waals surface area contributed by atoms with E-state index in [0.29, 0.717) is 11.5 Å². The van der Waals surface area contributed by atoms with Gasteiger partial charge in [-0.15, -0.1) is 0 Å². The minimum absolute atomic E-state index is 0.00853. The Kier molecular flexibility index (Phi) is 14.6. The summed E-state index contributed by atoms with van der Waals surface area (Å²) in [5.74, 6) is 0.563. The zero-order valence-corrected chi connectivity index (χ0v) is 15.4. The second kappa shape index (κ2) is 15.1. The Labute approximate surface area is 139 Å². The summed E-state index contributed by atoms with van der Waals surface area (Å²) in [6.45, 7) is 10.7. The fraction of sp³-hybridized carbons (Fsp3) is 0.850. The first-order valence-corrected chi connectivity index (χ1v) is 9.51. The van der Waals surface area contributed by atoms with Crippen LogP contribution >= 0.6 is 0 Å². The number of unbranched alkanes of at least 4 members (excludes halogenated alkanes) is 10. The molecule has 2 nitrogen and oxygen atoms in total. The molecule has 0 fully saturated rings. The molecule has 0 saturated carbocycles. The third-order valence-electron chi connectivity index (χ3n) is 4.30. The second-order valence-corrected chi connectivity index (χ2v) is 6.92. The lowest BCUT2D eigenvalue weighted by atomic mass is 10.0. The predicted octanol–water partition coefficient (Wildman–Crippen LogP) is 6.02. The number of hydrogen-bond donors (Lipinski definition) is 1. The third-order valence-corrected chi connectivity index (χ3v) is 4.30. The molecule has 0 aliphatic rings. The molecule has 0 aromatic heterocycles. The van der Waals surface area contributed by atoms with Crippen molar-refractivity contribution in [2.75, 3.05) is 6.54 Å². The van der Waals surface area contributed by atoms with Crippen molar-refractivity contribution in [1.29, 1.82) is 0 Å². The summed E-state index contributed by atoms with van der Waals surface area (Å²) < 4.78 is 0. The van der Waals surface area contributed by atoms with Crippen molar-refractivity contribution in [1.82, 2.24) is 5.32 Å². The first-order valence-electron chi connectivity index (χ1n) is 9.51. The number of carbonyl (C=O) groups excluding carboxylic acids is 1. The molecule has 0 aromatic rings. The molecule has 1 unspecified atom stereocenters. The summed E-state index contributed by atoms with van der Waals surface area (Å²) in [7, 11) is 0. The molecule has 1 N–H and O–H groups in total. The molecule has 1 amide bonds. The summed E-state index contributed by atoms with van der Waals surface area (Å²) in [4.78, 5) is 11.4. The first kappa shape index (κ1) is 21.2. The molecule has 0 aliphatic heterocycles. The van der Waals surface area contributed by atoms with Crippen LogP contribution in [0.2, 0.25) is 0 Å². The van der Waals surface area contributed by atoms with Crippen molar-refractivity contribution in [2.24, 2.45) is 5.92 Å². The maximum Gasteiger partial charge on any atom is 0.246 e. The van der Waals surface area contributed by atoms with Gasteiger partial charge in [0.05, 0.1) is 0 Å². The summed E-state index contributed by atoms with van der Waals surface area (Å²) in [5.41, 5.74) is 0.599. The van der Waals surface area contributed by atoms with Crippen LogP contribution in [0.1, 0.15) is 97.8 Å². The van der Waals surface area contributed by atoms with Crippen molar-refractivity contribution in [3.63, 3.8) is 0 Å². The van der Waals surface area contributed by atoms with Gasteiger partial charge < -0.3 is 5.32 Å². The average Bonchev–Trinajstić information content (AvgIpc) is 2.50. The SMILES string of the molecule is C=C(C)C(=O)NCC(C)CCCCCCCCCCCCC. The van der Waals surface area contributed by atoms with E-state index in [4.69, 9.17) is 0 Å². The molecular weight excluding hydrogens is 270 g/mol. The minimum atomic E-state index is -0.00853. The van der Waals surface area contributed by atoms with Crippen LogP contribution in [-0.2, 0) is 4.79 Å². The minimum Gasteiger partial charge on any atom is -0.352 e. The van der Waals surface area contributed by atoms with Crippen LogP contribution in [0, 0.1) is 5.92 Å². The van der Waals surface area contributed by atoms with Crippen LogP contribution in [0.15, 0.2) is 12.2 Å². The topological polar surface area (TPSA) is 29.1 Å². The van der Waals surface area contributed by atoms with Crippen molar-refractivity contribution in [3.05, 3.63) is 12.2 Å². The highest BCUT2D eigenvalue weighted by Crippen LogP contribution is 2.13. The summed E-state index contributed by atoms with van der Waals surface area (Å²) >= 11 is 0. The Balaban J connectivity index is 3.25. The molecule has 0 aliphatic carbocycles. The van der Waals surface area contributed by atoms with E-state index in [2.05, 4.69) is 25.7 Å². The quantitative estimate of drug-likeness (QED) is 0.291. The van der Waals surface area contributed by atoms with Gasteiger partial charge in [0.1, 0.15) is 0 Å². The first-order chi connectivity index (χ1) is 10.6. The second-order valence-electron chi connectivity index (χ2n) is 6.92. The summed E-state index contributed by atoms with van der Waals surface area (Å²) in [5, 5.41) is 2.93. The lowest BCUT2D eigenvalue weighted by molar-refractivity contribution is -0.117. The molecule has 0 aromatic carbocycles. The van der Waals surface area contributed by atoms with Crippen molar-refractivity contribution in [2.45, 2.75) is 97.8 Å². The normalized spacial score (nSPS) is 12.1. The molecule has 0 spiro atoms. The van der Waals surface area contributed by atoms with E-state index in [-0.39, 0.29) is 5.91 Å². The molecule has 1 atom stereocenters. The largest absolute Gasteiger partial charge is 0.352 e. The van der Waals surface area contributed by atoms with Gasteiger partial charge in [-0.3, -0.25) is 4.79 Å². The van der Waals surface area contributed by atoms with E-state index < -0.39 is 0 Å².